The summed E-state index contributed by atoms with van der Waals surface area (Å²) in [4.78, 5) is 31.1. The lowest BCUT2D eigenvalue weighted by atomic mass is 9.97. The molecule has 0 saturated carbocycles. The Kier molecular flexibility index (Phi) is 3.93. The molecule has 1 fully saturated rings. The van der Waals surface area contributed by atoms with E-state index in [0.29, 0.717) is 30.4 Å². The van der Waals surface area contributed by atoms with Crippen LogP contribution >= 0.6 is 0 Å². The number of nitrogens with one attached hydrogen (secondary N) is 3. The summed E-state index contributed by atoms with van der Waals surface area (Å²) in [6.45, 7) is 0.755. The maximum atomic E-state index is 12.3. The molecule has 3 heterocycles. The lowest BCUT2D eigenvalue weighted by Gasteiger charge is -2.18. The van der Waals surface area contributed by atoms with Gasteiger partial charge in [0.05, 0.1) is 6.54 Å². The van der Waals surface area contributed by atoms with Gasteiger partial charge in [-0.25, -0.2) is 0 Å². The minimum Gasteiger partial charge on any atom is -0.356 e. The van der Waals surface area contributed by atoms with Crippen LogP contribution in [0.2, 0.25) is 0 Å². The number of carbonyl (C=O) groups excluding carboxylic acids is 2. The highest BCUT2D eigenvalue weighted by molar-refractivity contribution is 5.97. The van der Waals surface area contributed by atoms with Gasteiger partial charge in [-0.1, -0.05) is 23.4 Å². The van der Waals surface area contributed by atoms with E-state index in [1.165, 1.54) is 0 Å². The van der Waals surface area contributed by atoms with Gasteiger partial charge in [-0.2, -0.15) is 4.98 Å². The van der Waals surface area contributed by atoms with Crippen molar-refractivity contribution in [3.63, 3.8) is 0 Å². The van der Waals surface area contributed by atoms with Crippen molar-refractivity contribution in [2.45, 2.75) is 25.3 Å². The molecular weight excluding hydrogens is 322 g/mol. The molecule has 0 aliphatic carbocycles. The zero-order valence-electron chi connectivity index (χ0n) is 13.4. The minimum absolute atomic E-state index is 0.00489. The number of benzene rings is 1. The zero-order valence-corrected chi connectivity index (χ0v) is 13.4. The summed E-state index contributed by atoms with van der Waals surface area (Å²) in [6, 6.07) is 9.48. The summed E-state index contributed by atoms with van der Waals surface area (Å²) in [5.74, 6) is 0.563. The van der Waals surface area contributed by atoms with Gasteiger partial charge in [0.15, 0.2) is 5.82 Å². The lowest BCUT2D eigenvalue weighted by Crippen LogP contribution is -2.32. The van der Waals surface area contributed by atoms with Crippen LogP contribution < -0.4 is 10.6 Å². The van der Waals surface area contributed by atoms with Crippen LogP contribution in [-0.4, -0.2) is 33.5 Å². The van der Waals surface area contributed by atoms with Gasteiger partial charge < -0.3 is 20.1 Å². The molecule has 1 aliphatic rings. The van der Waals surface area contributed by atoms with E-state index >= 15 is 0 Å². The highest BCUT2D eigenvalue weighted by Crippen LogP contribution is 2.23. The van der Waals surface area contributed by atoms with Crippen molar-refractivity contribution in [2.24, 2.45) is 0 Å². The Bertz CT molecular complexity index is 896. The van der Waals surface area contributed by atoms with Gasteiger partial charge in [0.1, 0.15) is 5.69 Å². The first-order valence-corrected chi connectivity index (χ1v) is 8.14. The van der Waals surface area contributed by atoms with E-state index in [-0.39, 0.29) is 24.3 Å². The van der Waals surface area contributed by atoms with Crippen LogP contribution in [0.1, 0.15) is 41.0 Å². The summed E-state index contributed by atoms with van der Waals surface area (Å²) in [6.07, 6.45) is 1.15. The van der Waals surface area contributed by atoms with Gasteiger partial charge in [-0.15, -0.1) is 0 Å². The van der Waals surface area contributed by atoms with Crippen LogP contribution in [0.5, 0.6) is 0 Å². The van der Waals surface area contributed by atoms with Crippen molar-refractivity contribution >= 4 is 22.7 Å². The molecule has 0 bridgehead atoms. The molecule has 1 atom stereocenters. The average molecular weight is 339 g/mol. The molecule has 8 nitrogen and oxygen atoms in total. The average Bonchev–Trinajstić information content (AvgIpc) is 3.26. The van der Waals surface area contributed by atoms with E-state index in [1.54, 1.807) is 6.07 Å². The first kappa shape index (κ1) is 15.4. The van der Waals surface area contributed by atoms with Crippen molar-refractivity contribution in [3.05, 3.63) is 47.7 Å². The van der Waals surface area contributed by atoms with Gasteiger partial charge >= 0.3 is 0 Å². The van der Waals surface area contributed by atoms with Crippen molar-refractivity contribution in [1.82, 2.24) is 25.8 Å². The number of carbonyl (C=O) groups is 2. The predicted molar refractivity (Wildman–Crippen MR) is 88.8 cm³/mol. The van der Waals surface area contributed by atoms with Crippen LogP contribution in [0.25, 0.3) is 10.9 Å². The Labute approximate surface area is 143 Å². The third kappa shape index (κ3) is 3.23. The van der Waals surface area contributed by atoms with Crippen LogP contribution in [0, 0.1) is 0 Å². The van der Waals surface area contributed by atoms with E-state index < -0.39 is 0 Å². The molecule has 1 unspecified atom stereocenters. The van der Waals surface area contributed by atoms with E-state index in [9.17, 15) is 9.59 Å². The van der Waals surface area contributed by atoms with Crippen LogP contribution in [-0.2, 0) is 11.3 Å². The first-order valence-electron chi connectivity index (χ1n) is 8.14. The monoisotopic (exact) mass is 339 g/mol. The summed E-state index contributed by atoms with van der Waals surface area (Å²) in [5, 5.41) is 10.4. The molecule has 0 spiro atoms. The van der Waals surface area contributed by atoms with Gasteiger partial charge in [0.2, 0.25) is 11.8 Å². The molecule has 25 heavy (non-hydrogen) atoms. The number of piperidine rings is 1. The van der Waals surface area contributed by atoms with E-state index in [0.717, 1.165) is 17.3 Å². The summed E-state index contributed by atoms with van der Waals surface area (Å²) < 4.78 is 5.18. The second kappa shape index (κ2) is 6.39. The van der Waals surface area contributed by atoms with E-state index in [1.807, 2.05) is 24.3 Å². The topological polar surface area (TPSA) is 113 Å². The first-order chi connectivity index (χ1) is 12.2. The highest BCUT2D eigenvalue weighted by Gasteiger charge is 2.25. The Morgan fingerprint density at radius 3 is 3.08 bits per heavy atom. The summed E-state index contributed by atoms with van der Waals surface area (Å²) in [7, 11) is 0. The van der Waals surface area contributed by atoms with Gasteiger partial charge in [-0.3, -0.25) is 9.59 Å². The molecule has 2 amide bonds. The number of hydrogen-bond acceptors (Lipinski definition) is 5. The molecule has 8 heteroatoms. The van der Waals surface area contributed by atoms with E-state index in [4.69, 9.17) is 4.52 Å². The number of nitrogens with zero attached hydrogens (tertiary/aromatic N) is 2. The fourth-order valence-corrected chi connectivity index (χ4v) is 2.96. The van der Waals surface area contributed by atoms with Crippen LogP contribution in [0.4, 0.5) is 0 Å². The number of amides is 2. The second-order valence-corrected chi connectivity index (χ2v) is 6.04. The Morgan fingerprint density at radius 1 is 1.36 bits per heavy atom. The van der Waals surface area contributed by atoms with Gasteiger partial charge in [-0.05, 0) is 18.6 Å². The molecule has 3 aromatic rings. The molecule has 0 radical (unpaired) electrons. The van der Waals surface area contributed by atoms with Crippen molar-refractivity contribution in [1.29, 1.82) is 0 Å². The lowest BCUT2D eigenvalue weighted by molar-refractivity contribution is -0.122. The fraction of sp³-hybridized carbons (Fsp3) is 0.294. The van der Waals surface area contributed by atoms with Crippen molar-refractivity contribution < 1.29 is 14.1 Å². The molecule has 2 aromatic heterocycles. The van der Waals surface area contributed by atoms with Crippen LogP contribution in [0.15, 0.2) is 34.9 Å². The number of rotatable bonds is 4. The number of para-hydroxylation sites is 1. The number of hydrogen-bond donors (Lipinski definition) is 3. The van der Waals surface area contributed by atoms with Crippen LogP contribution in [0.3, 0.4) is 0 Å². The molecule has 4 rings (SSSR count). The standard InChI is InChI=1S/C17H17N5O3/c23-14-8-11(5-6-18-14)16-21-15(25-22-16)9-19-17(24)13-7-10-3-1-2-4-12(10)20-13/h1-4,7,11,20H,5-6,8-9H2,(H,18,23)(H,19,24). The van der Waals surface area contributed by atoms with Gasteiger partial charge in [0, 0.05) is 29.8 Å². The Balaban J connectivity index is 1.39. The summed E-state index contributed by atoms with van der Waals surface area (Å²) >= 11 is 0. The minimum atomic E-state index is -0.243. The SMILES string of the molecule is O=C1CC(c2noc(CNC(=O)c3cc4ccccc4[nH]3)n2)CCN1. The Hall–Kier alpha value is -3.16. The van der Waals surface area contributed by atoms with Crippen molar-refractivity contribution in [2.75, 3.05) is 6.54 Å². The van der Waals surface area contributed by atoms with Gasteiger partial charge in [0.25, 0.3) is 5.91 Å². The maximum absolute atomic E-state index is 12.3. The molecule has 1 aliphatic heterocycles. The second-order valence-electron chi connectivity index (χ2n) is 6.04. The molecule has 1 aromatic carbocycles. The molecule has 3 N–H and O–H groups in total. The molecule has 1 saturated heterocycles. The van der Waals surface area contributed by atoms with E-state index in [2.05, 4.69) is 25.8 Å². The number of H-pyrrole nitrogens is 1. The smallest absolute Gasteiger partial charge is 0.268 e. The maximum Gasteiger partial charge on any atom is 0.268 e. The molecule has 128 valence electrons. The number of fused-ring (bicyclic) bond motifs is 1. The highest BCUT2D eigenvalue weighted by atomic mass is 16.5. The Morgan fingerprint density at radius 2 is 2.24 bits per heavy atom. The number of aromatic amines is 1. The number of aromatic nitrogens is 3. The normalized spacial score (nSPS) is 17.4. The predicted octanol–water partition coefficient (Wildman–Crippen LogP) is 1.47. The fourth-order valence-electron chi connectivity index (χ4n) is 2.96. The summed E-state index contributed by atoms with van der Waals surface area (Å²) in [5.41, 5.74) is 1.38. The third-order valence-electron chi connectivity index (χ3n) is 4.27. The third-order valence-corrected chi connectivity index (χ3v) is 4.27. The zero-order chi connectivity index (χ0) is 17.2. The quantitative estimate of drug-likeness (QED) is 0.666. The largest absolute Gasteiger partial charge is 0.356 e. The van der Waals surface area contributed by atoms with Crippen molar-refractivity contribution in [3.8, 4) is 0 Å². The molecular formula is C17H17N5O3.